The van der Waals surface area contributed by atoms with Crippen LogP contribution in [0.4, 0.5) is 21.7 Å². The average Bonchev–Trinajstić information content (AvgIpc) is 3.09. The highest BCUT2D eigenvalue weighted by atomic mass is 19.1. The molecule has 0 aliphatic carbocycles. The highest BCUT2D eigenvalue weighted by molar-refractivity contribution is 5.97. The lowest BCUT2D eigenvalue weighted by atomic mass is 10.0. The molecule has 0 saturated heterocycles. The van der Waals surface area contributed by atoms with Gasteiger partial charge in [0.25, 0.3) is 0 Å². The normalized spacial score (nSPS) is 15.5. The SMILES string of the molecule is Cc1cc(F)c([N+](=O)[O-])cc1Nc1nccc(-c2c3n(c4ccccc24)CC(O)CC3)n1. The zero-order valence-corrected chi connectivity index (χ0v) is 17.2. The van der Waals surface area contributed by atoms with Crippen LogP contribution in [0.1, 0.15) is 17.7 Å². The van der Waals surface area contributed by atoms with E-state index in [-0.39, 0.29) is 12.1 Å². The number of nitro groups is 1. The first-order valence-corrected chi connectivity index (χ1v) is 10.3. The number of nitro benzene ring substituents is 1. The molecule has 0 fully saturated rings. The van der Waals surface area contributed by atoms with Crippen molar-refractivity contribution in [2.24, 2.45) is 0 Å². The standard InChI is InChI=1S/C23H20FN5O3/c1-13-10-16(24)21(29(31)32)11-18(13)27-23-25-9-8-17(26-23)22-15-4-2-3-5-19(15)28-12-14(30)6-7-20(22)28/h2-5,8-11,14,30H,6-7,12H2,1H3,(H,25,26,27). The van der Waals surface area contributed by atoms with Gasteiger partial charge >= 0.3 is 5.69 Å². The van der Waals surface area contributed by atoms with Gasteiger partial charge in [0.1, 0.15) is 0 Å². The van der Waals surface area contributed by atoms with Crippen LogP contribution in [0.2, 0.25) is 0 Å². The number of aromatic nitrogens is 3. The van der Waals surface area contributed by atoms with Crippen LogP contribution in [0.25, 0.3) is 22.2 Å². The number of aliphatic hydroxyl groups excluding tert-OH is 1. The van der Waals surface area contributed by atoms with Gasteiger partial charge in [0, 0.05) is 41.0 Å². The van der Waals surface area contributed by atoms with Crippen LogP contribution >= 0.6 is 0 Å². The fourth-order valence-electron chi connectivity index (χ4n) is 4.33. The Hall–Kier alpha value is -3.85. The van der Waals surface area contributed by atoms with Crippen molar-refractivity contribution < 1.29 is 14.4 Å². The summed E-state index contributed by atoms with van der Waals surface area (Å²) in [4.78, 5) is 19.3. The second kappa shape index (κ2) is 7.69. The Morgan fingerprint density at radius 3 is 2.91 bits per heavy atom. The highest BCUT2D eigenvalue weighted by Gasteiger charge is 2.25. The maximum atomic E-state index is 13.9. The molecule has 9 heteroatoms. The molecule has 0 radical (unpaired) electrons. The Morgan fingerprint density at radius 1 is 1.28 bits per heavy atom. The van der Waals surface area contributed by atoms with Gasteiger partial charge < -0.3 is 15.0 Å². The average molecular weight is 433 g/mol. The van der Waals surface area contributed by atoms with Crippen molar-refractivity contribution in [2.45, 2.75) is 32.4 Å². The first kappa shape index (κ1) is 20.1. The largest absolute Gasteiger partial charge is 0.391 e. The van der Waals surface area contributed by atoms with E-state index in [2.05, 4.69) is 19.9 Å². The Bertz CT molecular complexity index is 1370. The van der Waals surface area contributed by atoms with Crippen molar-refractivity contribution in [3.05, 3.63) is 75.9 Å². The van der Waals surface area contributed by atoms with Gasteiger partial charge in [-0.1, -0.05) is 18.2 Å². The molecule has 0 amide bonds. The van der Waals surface area contributed by atoms with E-state index in [0.29, 0.717) is 29.9 Å². The summed E-state index contributed by atoms with van der Waals surface area (Å²) in [7, 11) is 0. The van der Waals surface area contributed by atoms with E-state index in [1.54, 1.807) is 13.1 Å². The second-order valence-electron chi connectivity index (χ2n) is 7.91. The molecule has 32 heavy (non-hydrogen) atoms. The zero-order valence-electron chi connectivity index (χ0n) is 17.2. The van der Waals surface area contributed by atoms with E-state index in [9.17, 15) is 19.6 Å². The van der Waals surface area contributed by atoms with Gasteiger partial charge in [0.05, 0.1) is 22.4 Å². The Morgan fingerprint density at radius 2 is 2.09 bits per heavy atom. The quantitative estimate of drug-likeness (QED) is 0.362. The van der Waals surface area contributed by atoms with E-state index in [4.69, 9.17) is 0 Å². The molecule has 1 aliphatic rings. The fraction of sp³-hybridized carbons (Fsp3) is 0.217. The molecule has 1 atom stereocenters. The lowest BCUT2D eigenvalue weighted by Crippen LogP contribution is -2.24. The molecule has 0 saturated carbocycles. The van der Waals surface area contributed by atoms with Crippen LogP contribution in [0.3, 0.4) is 0 Å². The van der Waals surface area contributed by atoms with E-state index < -0.39 is 16.4 Å². The first-order chi connectivity index (χ1) is 15.4. The highest BCUT2D eigenvalue weighted by Crippen LogP contribution is 2.37. The molecule has 0 spiro atoms. The van der Waals surface area contributed by atoms with Gasteiger partial charge in [-0.25, -0.2) is 9.97 Å². The minimum Gasteiger partial charge on any atom is -0.391 e. The number of hydrogen-bond donors (Lipinski definition) is 2. The van der Waals surface area contributed by atoms with Gasteiger partial charge in [-0.3, -0.25) is 10.1 Å². The number of rotatable bonds is 4. The number of benzene rings is 2. The summed E-state index contributed by atoms with van der Waals surface area (Å²) in [6.07, 6.45) is 2.64. The van der Waals surface area contributed by atoms with E-state index >= 15 is 0 Å². The van der Waals surface area contributed by atoms with Crippen molar-refractivity contribution in [1.82, 2.24) is 14.5 Å². The molecule has 2 aromatic heterocycles. The maximum Gasteiger partial charge on any atom is 0.306 e. The smallest absolute Gasteiger partial charge is 0.306 e. The van der Waals surface area contributed by atoms with Crippen LogP contribution in [-0.4, -0.2) is 30.7 Å². The van der Waals surface area contributed by atoms with Crippen LogP contribution in [-0.2, 0) is 13.0 Å². The number of para-hydroxylation sites is 1. The van der Waals surface area contributed by atoms with Crippen LogP contribution in [0.5, 0.6) is 0 Å². The van der Waals surface area contributed by atoms with Crippen molar-refractivity contribution in [2.75, 3.05) is 5.32 Å². The van der Waals surface area contributed by atoms with Gasteiger partial charge in [0.15, 0.2) is 0 Å². The summed E-state index contributed by atoms with van der Waals surface area (Å²) >= 11 is 0. The molecule has 1 aliphatic heterocycles. The summed E-state index contributed by atoms with van der Waals surface area (Å²) in [5.74, 6) is -0.631. The number of hydrogen-bond acceptors (Lipinski definition) is 6. The first-order valence-electron chi connectivity index (χ1n) is 10.3. The lowest BCUT2D eigenvalue weighted by molar-refractivity contribution is -0.387. The molecule has 8 nitrogen and oxygen atoms in total. The van der Waals surface area contributed by atoms with Gasteiger partial charge in [-0.15, -0.1) is 0 Å². The summed E-state index contributed by atoms with van der Waals surface area (Å²) in [5.41, 5.74) is 4.09. The third kappa shape index (κ3) is 3.36. The predicted molar refractivity (Wildman–Crippen MR) is 118 cm³/mol. The molecule has 5 rings (SSSR count). The number of nitrogens with zero attached hydrogens (tertiary/aromatic N) is 4. The molecule has 0 bridgehead atoms. The van der Waals surface area contributed by atoms with Gasteiger partial charge in [-0.05, 0) is 43.5 Å². The zero-order chi connectivity index (χ0) is 22.4. The second-order valence-corrected chi connectivity index (χ2v) is 7.91. The summed E-state index contributed by atoms with van der Waals surface area (Å²) in [6, 6.07) is 12.1. The van der Waals surface area contributed by atoms with Crippen LogP contribution < -0.4 is 5.32 Å². The number of aryl methyl sites for hydroxylation is 1. The number of anilines is 2. The minimum atomic E-state index is -0.887. The Balaban J connectivity index is 1.59. The van der Waals surface area contributed by atoms with E-state index in [1.807, 2.05) is 30.3 Å². The predicted octanol–water partition coefficient (Wildman–Crippen LogP) is 4.50. The summed E-state index contributed by atoms with van der Waals surface area (Å²) < 4.78 is 16.0. The van der Waals surface area contributed by atoms with Gasteiger partial charge in [-0.2, -0.15) is 4.39 Å². The number of halogens is 1. The van der Waals surface area contributed by atoms with Gasteiger partial charge in [0.2, 0.25) is 11.8 Å². The molecular formula is C23H20FN5O3. The molecule has 2 aromatic carbocycles. The van der Waals surface area contributed by atoms with E-state index in [1.165, 1.54) is 0 Å². The van der Waals surface area contributed by atoms with Crippen molar-refractivity contribution in [3.63, 3.8) is 0 Å². The lowest BCUT2D eigenvalue weighted by Gasteiger charge is -2.22. The third-order valence-electron chi connectivity index (χ3n) is 5.83. The molecule has 4 aromatic rings. The monoisotopic (exact) mass is 433 g/mol. The van der Waals surface area contributed by atoms with E-state index in [0.717, 1.165) is 40.7 Å². The molecule has 2 N–H and O–H groups in total. The topological polar surface area (TPSA) is 106 Å². The summed E-state index contributed by atoms with van der Waals surface area (Å²) in [5, 5.41) is 25.3. The number of aliphatic hydroxyl groups is 1. The molecule has 1 unspecified atom stereocenters. The third-order valence-corrected chi connectivity index (χ3v) is 5.83. The summed E-state index contributed by atoms with van der Waals surface area (Å²) in [6.45, 7) is 2.19. The van der Waals surface area contributed by atoms with Crippen molar-refractivity contribution in [3.8, 4) is 11.3 Å². The molecular weight excluding hydrogens is 413 g/mol. The Labute approximate surface area is 182 Å². The maximum absolute atomic E-state index is 13.9. The number of nitrogens with one attached hydrogen (secondary N) is 1. The minimum absolute atomic E-state index is 0.256. The molecule has 162 valence electrons. The number of fused-ring (bicyclic) bond motifs is 3. The van der Waals surface area contributed by atoms with Crippen LogP contribution in [0, 0.1) is 22.9 Å². The van der Waals surface area contributed by atoms with Crippen molar-refractivity contribution >= 4 is 28.2 Å². The fourth-order valence-corrected chi connectivity index (χ4v) is 4.33. The Kier molecular flexibility index (Phi) is 4.82. The van der Waals surface area contributed by atoms with Crippen molar-refractivity contribution in [1.29, 1.82) is 0 Å². The van der Waals surface area contributed by atoms with Crippen LogP contribution in [0.15, 0.2) is 48.7 Å². The molecule has 3 heterocycles.